The van der Waals surface area contributed by atoms with Crippen LogP contribution in [0.1, 0.15) is 49.0 Å². The Morgan fingerprint density at radius 3 is 3.04 bits per heavy atom. The highest BCUT2D eigenvalue weighted by Gasteiger charge is 2.30. The van der Waals surface area contributed by atoms with Gasteiger partial charge in [0.05, 0.1) is 17.7 Å². The van der Waals surface area contributed by atoms with Crippen LogP contribution in [0.15, 0.2) is 28.8 Å². The highest BCUT2D eigenvalue weighted by Crippen LogP contribution is 2.29. The standard InChI is InChI=1S/C17H19N5O2/c1-12-19-16(21-24-12)15-8-3-2-4-9-22(15)17(23)20-14-7-5-6-13(10-14)11-18/h5-7,10,15H,2-4,8-9H2,1H3,(H,20,23). The van der Waals surface area contributed by atoms with E-state index in [2.05, 4.69) is 21.5 Å². The molecule has 0 radical (unpaired) electrons. The number of rotatable bonds is 2. The Hall–Kier alpha value is -2.88. The largest absolute Gasteiger partial charge is 0.340 e. The van der Waals surface area contributed by atoms with Gasteiger partial charge in [-0.05, 0) is 31.0 Å². The minimum absolute atomic E-state index is 0.191. The Bertz CT molecular complexity index is 764. The number of aryl methyl sites for hydroxylation is 1. The van der Waals surface area contributed by atoms with Crippen molar-refractivity contribution in [1.82, 2.24) is 15.0 Å². The van der Waals surface area contributed by atoms with Crippen molar-refractivity contribution in [2.75, 3.05) is 11.9 Å². The molecule has 2 aromatic rings. The number of carbonyl (C=O) groups excluding carboxylic acids is 1. The minimum atomic E-state index is -0.209. The zero-order valence-corrected chi connectivity index (χ0v) is 13.5. The van der Waals surface area contributed by atoms with E-state index in [9.17, 15) is 4.79 Å². The molecule has 7 heteroatoms. The lowest BCUT2D eigenvalue weighted by Crippen LogP contribution is -2.38. The van der Waals surface area contributed by atoms with Crippen LogP contribution >= 0.6 is 0 Å². The van der Waals surface area contributed by atoms with E-state index in [1.54, 1.807) is 36.1 Å². The van der Waals surface area contributed by atoms with E-state index >= 15 is 0 Å². The first-order valence-electron chi connectivity index (χ1n) is 8.05. The molecule has 0 aliphatic carbocycles. The molecule has 1 aliphatic rings. The van der Waals surface area contributed by atoms with Crippen molar-refractivity contribution in [2.45, 2.75) is 38.6 Å². The fourth-order valence-electron chi connectivity index (χ4n) is 2.93. The number of benzene rings is 1. The summed E-state index contributed by atoms with van der Waals surface area (Å²) in [6.07, 6.45) is 3.84. The van der Waals surface area contributed by atoms with Gasteiger partial charge in [-0.3, -0.25) is 0 Å². The summed E-state index contributed by atoms with van der Waals surface area (Å²) in [5.41, 5.74) is 1.11. The first kappa shape index (κ1) is 16.0. The van der Waals surface area contributed by atoms with Gasteiger partial charge in [-0.1, -0.05) is 24.1 Å². The van der Waals surface area contributed by atoms with Crippen molar-refractivity contribution in [3.8, 4) is 6.07 Å². The summed E-state index contributed by atoms with van der Waals surface area (Å²) in [4.78, 5) is 18.8. The number of aromatic nitrogens is 2. The van der Waals surface area contributed by atoms with Crippen LogP contribution in [0.3, 0.4) is 0 Å². The molecule has 1 aromatic carbocycles. The second-order valence-corrected chi connectivity index (χ2v) is 5.85. The number of nitriles is 1. The maximum absolute atomic E-state index is 12.8. The molecule has 1 fully saturated rings. The molecule has 0 saturated carbocycles. The van der Waals surface area contributed by atoms with Crippen molar-refractivity contribution in [3.63, 3.8) is 0 Å². The van der Waals surface area contributed by atoms with Gasteiger partial charge in [0.15, 0.2) is 5.82 Å². The number of likely N-dealkylation sites (tertiary alicyclic amines) is 1. The van der Waals surface area contributed by atoms with Gasteiger partial charge < -0.3 is 14.7 Å². The first-order chi connectivity index (χ1) is 11.7. The molecule has 24 heavy (non-hydrogen) atoms. The average molecular weight is 325 g/mol. The lowest BCUT2D eigenvalue weighted by Gasteiger charge is -2.28. The molecule has 1 aromatic heterocycles. The highest BCUT2D eigenvalue weighted by molar-refractivity contribution is 5.89. The smallest absolute Gasteiger partial charge is 0.322 e. The van der Waals surface area contributed by atoms with E-state index in [1.807, 2.05) is 0 Å². The Labute approximate surface area is 140 Å². The molecule has 0 bridgehead atoms. The second-order valence-electron chi connectivity index (χ2n) is 5.85. The second kappa shape index (κ2) is 7.13. The van der Waals surface area contributed by atoms with Crippen molar-refractivity contribution >= 4 is 11.7 Å². The van der Waals surface area contributed by atoms with Crippen LogP contribution < -0.4 is 5.32 Å². The number of hydrogen-bond donors (Lipinski definition) is 1. The maximum Gasteiger partial charge on any atom is 0.322 e. The monoisotopic (exact) mass is 325 g/mol. The summed E-state index contributed by atoms with van der Waals surface area (Å²) >= 11 is 0. The van der Waals surface area contributed by atoms with Gasteiger partial charge in [-0.2, -0.15) is 10.2 Å². The van der Waals surface area contributed by atoms with Crippen LogP contribution in [-0.4, -0.2) is 27.6 Å². The first-order valence-corrected chi connectivity index (χ1v) is 8.05. The number of carbonyl (C=O) groups is 1. The Morgan fingerprint density at radius 1 is 1.42 bits per heavy atom. The normalized spacial score (nSPS) is 17.8. The van der Waals surface area contributed by atoms with Crippen molar-refractivity contribution in [1.29, 1.82) is 5.26 Å². The number of nitrogens with one attached hydrogen (secondary N) is 1. The van der Waals surface area contributed by atoms with Gasteiger partial charge >= 0.3 is 6.03 Å². The molecule has 3 rings (SSSR count). The zero-order chi connectivity index (χ0) is 16.9. The summed E-state index contributed by atoms with van der Waals surface area (Å²) in [6, 6.07) is 8.54. The predicted octanol–water partition coefficient (Wildman–Crippen LogP) is 3.40. The third kappa shape index (κ3) is 3.54. The molecule has 1 atom stereocenters. The van der Waals surface area contributed by atoms with Gasteiger partial charge in [0, 0.05) is 19.2 Å². The number of amides is 2. The summed E-state index contributed by atoms with van der Waals surface area (Å²) in [5.74, 6) is 1.05. The van der Waals surface area contributed by atoms with Crippen LogP contribution in [0.25, 0.3) is 0 Å². The zero-order valence-electron chi connectivity index (χ0n) is 13.5. The Morgan fingerprint density at radius 2 is 2.29 bits per heavy atom. The van der Waals surface area contributed by atoms with Gasteiger partial charge in [-0.15, -0.1) is 0 Å². The molecular formula is C17H19N5O2. The van der Waals surface area contributed by atoms with E-state index < -0.39 is 0 Å². The molecule has 7 nitrogen and oxygen atoms in total. The number of nitrogens with zero attached hydrogens (tertiary/aromatic N) is 4. The van der Waals surface area contributed by atoms with Gasteiger partial charge in [-0.25, -0.2) is 4.79 Å². The lowest BCUT2D eigenvalue weighted by molar-refractivity contribution is 0.185. The third-order valence-electron chi connectivity index (χ3n) is 4.10. The quantitative estimate of drug-likeness (QED) is 0.913. The van der Waals surface area contributed by atoms with E-state index in [4.69, 9.17) is 9.78 Å². The molecule has 2 heterocycles. The van der Waals surface area contributed by atoms with Crippen LogP contribution in [0.5, 0.6) is 0 Å². The Kier molecular flexibility index (Phi) is 4.75. The fraction of sp³-hybridized carbons (Fsp3) is 0.412. The average Bonchev–Trinajstić information content (AvgIpc) is 2.87. The van der Waals surface area contributed by atoms with Crippen LogP contribution in [-0.2, 0) is 0 Å². The minimum Gasteiger partial charge on any atom is -0.340 e. The van der Waals surface area contributed by atoms with Crippen LogP contribution in [0.4, 0.5) is 10.5 Å². The summed E-state index contributed by atoms with van der Waals surface area (Å²) in [7, 11) is 0. The Balaban J connectivity index is 1.80. The van der Waals surface area contributed by atoms with E-state index in [0.29, 0.717) is 29.5 Å². The summed E-state index contributed by atoms with van der Waals surface area (Å²) < 4.78 is 5.08. The van der Waals surface area contributed by atoms with E-state index in [0.717, 1.165) is 25.7 Å². The van der Waals surface area contributed by atoms with Crippen LogP contribution in [0.2, 0.25) is 0 Å². The van der Waals surface area contributed by atoms with Gasteiger partial charge in [0.25, 0.3) is 0 Å². The maximum atomic E-state index is 12.8. The summed E-state index contributed by atoms with van der Waals surface area (Å²) in [5, 5.41) is 15.8. The van der Waals surface area contributed by atoms with Gasteiger partial charge in [0.1, 0.15) is 0 Å². The molecule has 1 saturated heterocycles. The topological polar surface area (TPSA) is 95.1 Å². The molecule has 124 valence electrons. The molecule has 1 N–H and O–H groups in total. The SMILES string of the molecule is Cc1nc(C2CCCCCN2C(=O)Nc2cccc(C#N)c2)no1. The predicted molar refractivity (Wildman–Crippen MR) is 87.1 cm³/mol. The highest BCUT2D eigenvalue weighted by atomic mass is 16.5. The number of hydrogen-bond acceptors (Lipinski definition) is 5. The van der Waals surface area contributed by atoms with E-state index in [1.165, 1.54) is 0 Å². The molecular weight excluding hydrogens is 306 g/mol. The fourth-order valence-corrected chi connectivity index (χ4v) is 2.93. The molecule has 1 aliphatic heterocycles. The molecule has 1 unspecified atom stereocenters. The molecule has 2 amide bonds. The molecule has 0 spiro atoms. The number of urea groups is 1. The van der Waals surface area contributed by atoms with E-state index in [-0.39, 0.29) is 12.1 Å². The third-order valence-corrected chi connectivity index (χ3v) is 4.10. The lowest BCUT2D eigenvalue weighted by atomic mass is 10.1. The number of anilines is 1. The van der Waals surface area contributed by atoms with Crippen LogP contribution in [0, 0.1) is 18.3 Å². The van der Waals surface area contributed by atoms with Gasteiger partial charge in [0.2, 0.25) is 5.89 Å². The summed E-state index contributed by atoms with van der Waals surface area (Å²) in [6.45, 7) is 2.38. The van der Waals surface area contributed by atoms with Crippen molar-refractivity contribution in [2.24, 2.45) is 0 Å². The van der Waals surface area contributed by atoms with Crippen molar-refractivity contribution < 1.29 is 9.32 Å². The van der Waals surface area contributed by atoms with Crippen molar-refractivity contribution in [3.05, 3.63) is 41.5 Å².